The summed E-state index contributed by atoms with van der Waals surface area (Å²) in [4.78, 5) is 11.9. The molecular formula is C14H12ClFN2O. The average Bonchev–Trinajstić information content (AvgIpc) is 2.40. The molecule has 1 amide bonds. The molecule has 0 saturated heterocycles. The molecule has 2 aromatic rings. The first-order chi connectivity index (χ1) is 9.08. The van der Waals surface area contributed by atoms with Gasteiger partial charge in [0.1, 0.15) is 5.82 Å². The van der Waals surface area contributed by atoms with Crippen molar-refractivity contribution in [3.8, 4) is 0 Å². The van der Waals surface area contributed by atoms with Crippen molar-refractivity contribution in [2.45, 2.75) is 6.54 Å². The minimum Gasteiger partial charge on any atom is -0.398 e. The van der Waals surface area contributed by atoms with Gasteiger partial charge in [-0.15, -0.1) is 0 Å². The molecule has 3 N–H and O–H groups in total. The monoisotopic (exact) mass is 278 g/mol. The first-order valence-electron chi connectivity index (χ1n) is 5.64. The van der Waals surface area contributed by atoms with Crippen molar-refractivity contribution in [2.24, 2.45) is 0 Å². The summed E-state index contributed by atoms with van der Waals surface area (Å²) >= 11 is 5.97. The lowest BCUT2D eigenvalue weighted by Crippen LogP contribution is -2.24. The lowest BCUT2D eigenvalue weighted by Gasteiger charge is -2.08. The van der Waals surface area contributed by atoms with Crippen LogP contribution in [0.3, 0.4) is 0 Å². The van der Waals surface area contributed by atoms with E-state index >= 15 is 0 Å². The molecule has 5 heteroatoms. The van der Waals surface area contributed by atoms with E-state index in [4.69, 9.17) is 17.3 Å². The maximum atomic E-state index is 13.1. The Morgan fingerprint density at radius 2 is 2.00 bits per heavy atom. The van der Waals surface area contributed by atoms with Crippen molar-refractivity contribution in [3.05, 3.63) is 64.4 Å². The van der Waals surface area contributed by atoms with Crippen LogP contribution in [0.2, 0.25) is 5.02 Å². The summed E-state index contributed by atoms with van der Waals surface area (Å²) in [5, 5.41) is 3.22. The maximum absolute atomic E-state index is 13.1. The molecule has 0 aliphatic heterocycles. The van der Waals surface area contributed by atoms with Crippen LogP contribution < -0.4 is 11.1 Å². The van der Waals surface area contributed by atoms with Gasteiger partial charge in [0.2, 0.25) is 0 Å². The normalized spacial score (nSPS) is 10.2. The number of hydrogen-bond donors (Lipinski definition) is 2. The first kappa shape index (κ1) is 13.4. The van der Waals surface area contributed by atoms with E-state index in [1.165, 1.54) is 12.1 Å². The number of carbonyl (C=O) groups excluding carboxylic acids is 1. The van der Waals surface area contributed by atoms with Crippen molar-refractivity contribution >= 4 is 23.2 Å². The Balaban J connectivity index is 2.10. The Labute approximate surface area is 115 Å². The highest BCUT2D eigenvalue weighted by molar-refractivity contribution is 6.31. The predicted molar refractivity (Wildman–Crippen MR) is 73.4 cm³/mol. The topological polar surface area (TPSA) is 55.1 Å². The Morgan fingerprint density at radius 3 is 2.74 bits per heavy atom. The van der Waals surface area contributed by atoms with E-state index in [-0.39, 0.29) is 17.8 Å². The smallest absolute Gasteiger partial charge is 0.253 e. The molecule has 19 heavy (non-hydrogen) atoms. The van der Waals surface area contributed by atoms with Crippen molar-refractivity contribution in [1.29, 1.82) is 0 Å². The number of anilines is 1. The SMILES string of the molecule is Nc1ccc(F)cc1C(=O)NCc1ccccc1Cl. The van der Waals surface area contributed by atoms with E-state index in [2.05, 4.69) is 5.32 Å². The molecule has 0 spiro atoms. The predicted octanol–water partition coefficient (Wildman–Crippen LogP) is 2.99. The molecule has 0 fully saturated rings. The number of nitrogens with one attached hydrogen (secondary N) is 1. The van der Waals surface area contributed by atoms with Crippen LogP contribution in [0.1, 0.15) is 15.9 Å². The van der Waals surface area contributed by atoms with Crippen molar-refractivity contribution in [2.75, 3.05) is 5.73 Å². The maximum Gasteiger partial charge on any atom is 0.253 e. The van der Waals surface area contributed by atoms with Gasteiger partial charge in [-0.25, -0.2) is 4.39 Å². The summed E-state index contributed by atoms with van der Waals surface area (Å²) < 4.78 is 13.1. The summed E-state index contributed by atoms with van der Waals surface area (Å²) in [7, 11) is 0. The van der Waals surface area contributed by atoms with Crippen LogP contribution in [0.4, 0.5) is 10.1 Å². The largest absolute Gasteiger partial charge is 0.398 e. The summed E-state index contributed by atoms with van der Waals surface area (Å²) in [5.41, 5.74) is 6.77. The summed E-state index contributed by atoms with van der Waals surface area (Å²) in [5.74, 6) is -0.936. The zero-order valence-corrected chi connectivity index (χ0v) is 10.7. The van der Waals surface area contributed by atoms with Gasteiger partial charge in [0, 0.05) is 17.3 Å². The zero-order valence-electron chi connectivity index (χ0n) is 9.99. The number of rotatable bonds is 3. The van der Waals surface area contributed by atoms with E-state index in [1.807, 2.05) is 6.07 Å². The van der Waals surface area contributed by atoms with Gasteiger partial charge in [0.05, 0.1) is 5.56 Å². The average molecular weight is 279 g/mol. The van der Waals surface area contributed by atoms with Crippen molar-refractivity contribution in [1.82, 2.24) is 5.32 Å². The van der Waals surface area contributed by atoms with Crippen molar-refractivity contribution < 1.29 is 9.18 Å². The second-order valence-corrected chi connectivity index (χ2v) is 4.41. The third kappa shape index (κ3) is 3.23. The van der Waals surface area contributed by atoms with Crippen molar-refractivity contribution in [3.63, 3.8) is 0 Å². The molecule has 0 aliphatic carbocycles. The highest BCUT2D eigenvalue weighted by atomic mass is 35.5. The summed E-state index contributed by atoms with van der Waals surface area (Å²) in [6.07, 6.45) is 0. The molecule has 0 heterocycles. The molecule has 0 saturated carbocycles. The standard InChI is InChI=1S/C14H12ClFN2O/c15-12-4-2-1-3-9(12)8-18-14(19)11-7-10(16)5-6-13(11)17/h1-7H,8,17H2,(H,18,19). The van der Waals surface area contributed by atoms with Gasteiger partial charge in [-0.1, -0.05) is 29.8 Å². The lowest BCUT2D eigenvalue weighted by atomic mass is 10.1. The van der Waals surface area contributed by atoms with Gasteiger partial charge >= 0.3 is 0 Å². The number of nitrogen functional groups attached to an aromatic ring is 1. The van der Waals surface area contributed by atoms with Crippen LogP contribution in [-0.2, 0) is 6.54 Å². The van der Waals surface area contributed by atoms with Gasteiger partial charge in [-0.2, -0.15) is 0 Å². The molecular weight excluding hydrogens is 267 g/mol. The molecule has 98 valence electrons. The third-order valence-corrected chi connectivity index (χ3v) is 3.03. The number of halogens is 2. The Morgan fingerprint density at radius 1 is 1.26 bits per heavy atom. The van der Waals surface area contributed by atoms with E-state index in [0.717, 1.165) is 11.6 Å². The molecule has 3 nitrogen and oxygen atoms in total. The van der Waals surface area contributed by atoms with Gasteiger partial charge in [-0.3, -0.25) is 4.79 Å². The molecule has 0 aromatic heterocycles. The molecule has 2 aromatic carbocycles. The van der Waals surface area contributed by atoms with E-state index < -0.39 is 11.7 Å². The Bertz CT molecular complexity index is 616. The van der Waals surface area contributed by atoms with Crippen LogP contribution in [0.15, 0.2) is 42.5 Å². The number of carbonyl (C=O) groups is 1. The third-order valence-electron chi connectivity index (χ3n) is 2.66. The van der Waals surface area contributed by atoms with Crippen LogP contribution in [0.25, 0.3) is 0 Å². The molecule has 0 radical (unpaired) electrons. The Kier molecular flexibility index (Phi) is 4.02. The summed E-state index contributed by atoms with van der Waals surface area (Å²) in [6.45, 7) is 0.258. The number of nitrogens with two attached hydrogens (primary N) is 1. The summed E-state index contributed by atoms with van der Waals surface area (Å²) in [6, 6.07) is 10.8. The Hall–Kier alpha value is -2.07. The minimum absolute atomic E-state index is 0.118. The van der Waals surface area contributed by atoms with Gasteiger partial charge in [0.25, 0.3) is 5.91 Å². The molecule has 0 aliphatic rings. The first-order valence-corrected chi connectivity index (χ1v) is 6.02. The molecule has 0 unspecified atom stereocenters. The quantitative estimate of drug-likeness (QED) is 0.848. The number of amides is 1. The van der Waals surface area contributed by atoms with Gasteiger partial charge in [0.15, 0.2) is 0 Å². The van der Waals surface area contributed by atoms with Gasteiger partial charge in [-0.05, 0) is 29.8 Å². The molecule has 0 bridgehead atoms. The fraction of sp³-hybridized carbons (Fsp3) is 0.0714. The second kappa shape index (κ2) is 5.71. The highest BCUT2D eigenvalue weighted by Gasteiger charge is 2.11. The van der Waals surface area contributed by atoms with Crippen LogP contribution >= 0.6 is 11.6 Å². The highest BCUT2D eigenvalue weighted by Crippen LogP contribution is 2.16. The lowest BCUT2D eigenvalue weighted by molar-refractivity contribution is 0.0951. The van der Waals surface area contributed by atoms with Crippen LogP contribution in [0.5, 0.6) is 0 Å². The molecule has 0 atom stereocenters. The molecule has 2 rings (SSSR count). The van der Waals surface area contributed by atoms with Crippen LogP contribution in [-0.4, -0.2) is 5.91 Å². The van der Waals surface area contributed by atoms with Gasteiger partial charge < -0.3 is 11.1 Å². The van der Waals surface area contributed by atoms with E-state index in [9.17, 15) is 9.18 Å². The zero-order chi connectivity index (χ0) is 13.8. The second-order valence-electron chi connectivity index (χ2n) is 4.01. The fourth-order valence-corrected chi connectivity index (χ4v) is 1.84. The van der Waals surface area contributed by atoms with Crippen LogP contribution in [0, 0.1) is 5.82 Å². The minimum atomic E-state index is -0.503. The van der Waals surface area contributed by atoms with E-state index in [1.54, 1.807) is 18.2 Å². The van der Waals surface area contributed by atoms with E-state index in [0.29, 0.717) is 5.02 Å². The number of benzene rings is 2. The fourth-order valence-electron chi connectivity index (χ4n) is 1.64. The number of hydrogen-bond acceptors (Lipinski definition) is 2.